The first-order chi connectivity index (χ1) is 16.2. The van der Waals surface area contributed by atoms with Crippen LogP contribution >= 0.6 is 0 Å². The highest BCUT2D eigenvalue weighted by atomic mass is 16.7. The molecule has 1 aliphatic rings. The zero-order chi connectivity index (χ0) is 22.9. The summed E-state index contributed by atoms with van der Waals surface area (Å²) >= 11 is 0. The molecule has 2 aromatic carbocycles. The Balaban J connectivity index is 1.22. The van der Waals surface area contributed by atoms with Crippen molar-refractivity contribution in [2.45, 2.75) is 57.8 Å². The van der Waals surface area contributed by atoms with E-state index < -0.39 is 0 Å². The maximum Gasteiger partial charge on any atom is 0.338 e. The second-order valence-electron chi connectivity index (χ2n) is 8.33. The Morgan fingerprint density at radius 2 is 1.82 bits per heavy atom. The number of rotatable bonds is 9. The van der Waals surface area contributed by atoms with Crippen LogP contribution in [0.15, 0.2) is 67.0 Å². The Kier molecular flexibility index (Phi) is 8.04. The fourth-order valence-corrected chi connectivity index (χ4v) is 3.75. The van der Waals surface area contributed by atoms with Crippen LogP contribution in [0.25, 0.3) is 11.4 Å². The second kappa shape index (κ2) is 11.6. The van der Waals surface area contributed by atoms with Crippen LogP contribution in [0.1, 0.15) is 54.9 Å². The number of hydrogen-bond donors (Lipinski definition) is 0. The highest BCUT2D eigenvalue weighted by Gasteiger charge is 2.15. The van der Waals surface area contributed by atoms with Gasteiger partial charge in [0.15, 0.2) is 12.1 Å². The Morgan fingerprint density at radius 1 is 1.06 bits per heavy atom. The smallest absolute Gasteiger partial charge is 0.338 e. The monoisotopic (exact) mass is 446 g/mol. The van der Waals surface area contributed by atoms with Gasteiger partial charge in [0.1, 0.15) is 5.75 Å². The molecular weight excluding hydrogens is 416 g/mol. The van der Waals surface area contributed by atoms with Crippen molar-refractivity contribution in [2.75, 3.05) is 6.61 Å². The van der Waals surface area contributed by atoms with Crippen LogP contribution in [-0.4, -0.2) is 34.9 Å². The van der Waals surface area contributed by atoms with Gasteiger partial charge in [0.25, 0.3) is 0 Å². The number of aryl methyl sites for hydroxylation is 1. The van der Waals surface area contributed by atoms with Crippen LogP contribution < -0.4 is 4.74 Å². The largest absolute Gasteiger partial charge is 0.465 e. The standard InChI is InChI=1S/C27H30N2O4/c1-20(32-27(30)23-10-3-2-4-11-23)8-7-9-21-18-28-26(29-19-21)22-13-15-24(16-14-22)33-25-12-5-6-17-31-25/h2-4,10-11,13-16,18-20,25H,5-9,12,17H2,1H3. The first kappa shape index (κ1) is 22.9. The minimum Gasteiger partial charge on any atom is -0.465 e. The molecule has 2 heterocycles. The Hall–Kier alpha value is -3.25. The number of carbonyl (C=O) groups is 1. The van der Waals surface area contributed by atoms with Gasteiger partial charge in [0, 0.05) is 24.4 Å². The third-order valence-corrected chi connectivity index (χ3v) is 5.62. The van der Waals surface area contributed by atoms with Crippen molar-refractivity contribution in [3.8, 4) is 17.1 Å². The molecule has 6 heteroatoms. The zero-order valence-corrected chi connectivity index (χ0v) is 19.0. The van der Waals surface area contributed by atoms with Crippen LogP contribution in [0.4, 0.5) is 0 Å². The van der Waals surface area contributed by atoms with Crippen LogP contribution in [-0.2, 0) is 15.9 Å². The number of nitrogens with zero attached hydrogens (tertiary/aromatic N) is 2. The molecule has 6 nitrogen and oxygen atoms in total. The molecule has 0 saturated carbocycles. The van der Waals surface area contributed by atoms with E-state index in [9.17, 15) is 4.79 Å². The maximum absolute atomic E-state index is 12.1. The van der Waals surface area contributed by atoms with Gasteiger partial charge in [-0.3, -0.25) is 0 Å². The van der Waals surface area contributed by atoms with E-state index in [0.717, 1.165) is 62.0 Å². The molecule has 1 aliphatic heterocycles. The Morgan fingerprint density at radius 3 is 2.52 bits per heavy atom. The lowest BCUT2D eigenvalue weighted by molar-refractivity contribution is -0.105. The topological polar surface area (TPSA) is 70.5 Å². The number of esters is 1. The van der Waals surface area contributed by atoms with Gasteiger partial charge in [-0.15, -0.1) is 0 Å². The van der Waals surface area contributed by atoms with E-state index in [-0.39, 0.29) is 18.4 Å². The molecule has 1 saturated heterocycles. The van der Waals surface area contributed by atoms with E-state index in [1.807, 2.05) is 61.8 Å². The van der Waals surface area contributed by atoms with Crippen LogP contribution in [0.5, 0.6) is 5.75 Å². The van der Waals surface area contributed by atoms with E-state index in [1.54, 1.807) is 12.1 Å². The molecule has 33 heavy (non-hydrogen) atoms. The molecule has 0 spiro atoms. The van der Waals surface area contributed by atoms with E-state index in [2.05, 4.69) is 9.97 Å². The molecule has 0 radical (unpaired) electrons. The third kappa shape index (κ3) is 6.86. The summed E-state index contributed by atoms with van der Waals surface area (Å²) in [5, 5.41) is 0. The number of ether oxygens (including phenoxy) is 3. The summed E-state index contributed by atoms with van der Waals surface area (Å²) in [5.74, 6) is 1.20. The molecule has 0 aliphatic carbocycles. The van der Waals surface area contributed by atoms with Crippen LogP contribution in [0.3, 0.4) is 0 Å². The molecule has 172 valence electrons. The molecule has 0 N–H and O–H groups in total. The van der Waals surface area contributed by atoms with E-state index >= 15 is 0 Å². The van der Waals surface area contributed by atoms with Crippen LogP contribution in [0.2, 0.25) is 0 Å². The Labute approximate surface area is 194 Å². The predicted octanol–water partition coefficient (Wildman–Crippen LogP) is 5.62. The maximum atomic E-state index is 12.1. The van der Waals surface area contributed by atoms with E-state index in [4.69, 9.17) is 14.2 Å². The third-order valence-electron chi connectivity index (χ3n) is 5.62. The van der Waals surface area contributed by atoms with Crippen molar-refractivity contribution in [2.24, 2.45) is 0 Å². The number of benzene rings is 2. The first-order valence-electron chi connectivity index (χ1n) is 11.6. The molecular formula is C27H30N2O4. The lowest BCUT2D eigenvalue weighted by Gasteiger charge is -2.23. The lowest BCUT2D eigenvalue weighted by Crippen LogP contribution is -2.24. The SMILES string of the molecule is CC(CCCc1cnc(-c2ccc(OC3CCCCO3)cc2)nc1)OC(=O)c1ccccc1. The van der Waals surface area contributed by atoms with Gasteiger partial charge in [-0.1, -0.05) is 18.2 Å². The van der Waals surface area contributed by atoms with Gasteiger partial charge in [-0.25, -0.2) is 14.8 Å². The summed E-state index contributed by atoms with van der Waals surface area (Å²) in [6, 6.07) is 16.9. The summed E-state index contributed by atoms with van der Waals surface area (Å²) in [6.07, 6.45) is 9.12. The minimum absolute atomic E-state index is 0.141. The van der Waals surface area contributed by atoms with Crippen molar-refractivity contribution in [3.05, 3.63) is 78.1 Å². The van der Waals surface area contributed by atoms with E-state index in [0.29, 0.717) is 11.4 Å². The zero-order valence-electron chi connectivity index (χ0n) is 19.0. The quantitative estimate of drug-likeness (QED) is 0.398. The van der Waals surface area contributed by atoms with Crippen molar-refractivity contribution < 1.29 is 19.0 Å². The summed E-state index contributed by atoms with van der Waals surface area (Å²) in [6.45, 7) is 2.69. The first-order valence-corrected chi connectivity index (χ1v) is 11.6. The number of aromatic nitrogens is 2. The Bertz CT molecular complexity index is 1000. The fraction of sp³-hybridized carbons (Fsp3) is 0.370. The lowest BCUT2D eigenvalue weighted by atomic mass is 10.1. The summed E-state index contributed by atoms with van der Waals surface area (Å²) in [5.41, 5.74) is 2.59. The van der Waals surface area contributed by atoms with Crippen molar-refractivity contribution >= 4 is 5.97 Å². The molecule has 2 unspecified atom stereocenters. The van der Waals surface area contributed by atoms with Gasteiger partial charge in [-0.05, 0) is 81.0 Å². The average molecular weight is 447 g/mol. The molecule has 1 aromatic heterocycles. The van der Waals surface area contributed by atoms with Crippen molar-refractivity contribution in [3.63, 3.8) is 0 Å². The summed E-state index contributed by atoms with van der Waals surface area (Å²) < 4.78 is 17.0. The molecule has 2 atom stereocenters. The molecule has 0 bridgehead atoms. The van der Waals surface area contributed by atoms with Gasteiger partial charge >= 0.3 is 5.97 Å². The molecule has 3 aromatic rings. The van der Waals surface area contributed by atoms with E-state index in [1.165, 1.54) is 0 Å². The average Bonchev–Trinajstić information content (AvgIpc) is 2.86. The predicted molar refractivity (Wildman–Crippen MR) is 126 cm³/mol. The van der Waals surface area contributed by atoms with Gasteiger partial charge in [0.05, 0.1) is 18.3 Å². The second-order valence-corrected chi connectivity index (χ2v) is 8.33. The normalized spacial score (nSPS) is 16.7. The highest BCUT2D eigenvalue weighted by Crippen LogP contribution is 2.23. The molecule has 4 rings (SSSR count). The van der Waals surface area contributed by atoms with Gasteiger partial charge in [-0.2, -0.15) is 0 Å². The van der Waals surface area contributed by atoms with Crippen molar-refractivity contribution in [1.29, 1.82) is 0 Å². The summed E-state index contributed by atoms with van der Waals surface area (Å²) in [4.78, 5) is 21.2. The summed E-state index contributed by atoms with van der Waals surface area (Å²) in [7, 11) is 0. The van der Waals surface area contributed by atoms with Crippen LogP contribution in [0, 0.1) is 0 Å². The number of carbonyl (C=O) groups excluding carboxylic acids is 1. The minimum atomic E-state index is -0.279. The highest BCUT2D eigenvalue weighted by molar-refractivity contribution is 5.89. The van der Waals surface area contributed by atoms with Gasteiger partial charge < -0.3 is 14.2 Å². The fourth-order valence-electron chi connectivity index (χ4n) is 3.75. The molecule has 0 amide bonds. The number of hydrogen-bond acceptors (Lipinski definition) is 6. The van der Waals surface area contributed by atoms with Crippen molar-refractivity contribution in [1.82, 2.24) is 9.97 Å². The van der Waals surface area contributed by atoms with Gasteiger partial charge in [0.2, 0.25) is 0 Å². The molecule has 1 fully saturated rings.